The molecule has 0 amide bonds. The van der Waals surface area contributed by atoms with E-state index in [1.807, 2.05) is 23.6 Å². The highest BCUT2D eigenvalue weighted by Crippen LogP contribution is 2.32. The van der Waals surface area contributed by atoms with E-state index < -0.39 is 0 Å². The molecule has 0 bridgehead atoms. The summed E-state index contributed by atoms with van der Waals surface area (Å²) in [7, 11) is 0. The summed E-state index contributed by atoms with van der Waals surface area (Å²) in [4.78, 5) is 0. The molecule has 1 aromatic heterocycles. The Labute approximate surface area is 113 Å². The maximum Gasteiger partial charge on any atom is 0.120 e. The molecule has 1 aromatic carbocycles. The summed E-state index contributed by atoms with van der Waals surface area (Å²) in [5.74, 6) is 0.336. The third kappa shape index (κ3) is 3.01. The summed E-state index contributed by atoms with van der Waals surface area (Å²) in [6, 6.07) is 7.70. The highest BCUT2D eigenvalue weighted by atomic mass is 79.9. The van der Waals surface area contributed by atoms with Crippen LogP contribution in [0.2, 0.25) is 0 Å². The average Bonchev–Trinajstić information content (AvgIpc) is 2.82. The van der Waals surface area contributed by atoms with Crippen LogP contribution < -0.4 is 5.32 Å². The second kappa shape index (κ2) is 5.56. The monoisotopic (exact) mass is 311 g/mol. The van der Waals surface area contributed by atoms with Crippen molar-refractivity contribution in [3.8, 4) is 5.75 Å². The molecule has 0 saturated carbocycles. The SMILES string of the molecule is CCC(Nc1ccsc1)c1cc(Br)ccc1O. The van der Waals surface area contributed by atoms with E-state index in [2.05, 4.69) is 33.6 Å². The van der Waals surface area contributed by atoms with Crippen LogP contribution in [0.25, 0.3) is 0 Å². The van der Waals surface area contributed by atoms with Crippen molar-refractivity contribution in [2.45, 2.75) is 19.4 Å². The minimum atomic E-state index is 0.127. The van der Waals surface area contributed by atoms with Gasteiger partial charge in [-0.15, -0.1) is 0 Å². The van der Waals surface area contributed by atoms with Crippen LogP contribution in [0.1, 0.15) is 24.9 Å². The first-order valence-corrected chi connectivity index (χ1v) is 7.21. The molecule has 0 fully saturated rings. The van der Waals surface area contributed by atoms with Crippen molar-refractivity contribution in [3.05, 3.63) is 45.1 Å². The number of phenolic OH excluding ortho intramolecular Hbond substituents is 1. The van der Waals surface area contributed by atoms with E-state index in [9.17, 15) is 5.11 Å². The number of phenols is 1. The zero-order valence-electron chi connectivity index (χ0n) is 9.48. The number of nitrogens with one attached hydrogen (secondary N) is 1. The molecule has 0 radical (unpaired) electrons. The van der Waals surface area contributed by atoms with Gasteiger partial charge in [0, 0.05) is 21.1 Å². The zero-order chi connectivity index (χ0) is 12.3. The fraction of sp³-hybridized carbons (Fsp3) is 0.231. The summed E-state index contributed by atoms with van der Waals surface area (Å²) in [6.07, 6.45) is 0.917. The Balaban J connectivity index is 2.25. The Morgan fingerprint density at radius 1 is 1.41 bits per heavy atom. The molecule has 2 N–H and O–H groups in total. The molecular formula is C13H14BrNOS. The topological polar surface area (TPSA) is 32.3 Å². The normalized spacial score (nSPS) is 12.4. The second-order valence-corrected chi connectivity index (χ2v) is 5.52. The lowest BCUT2D eigenvalue weighted by Crippen LogP contribution is -2.09. The van der Waals surface area contributed by atoms with E-state index in [-0.39, 0.29) is 6.04 Å². The number of hydrogen-bond acceptors (Lipinski definition) is 3. The van der Waals surface area contributed by atoms with Gasteiger partial charge in [-0.1, -0.05) is 22.9 Å². The molecule has 2 rings (SSSR count). The smallest absolute Gasteiger partial charge is 0.120 e. The summed E-state index contributed by atoms with van der Waals surface area (Å²) >= 11 is 5.10. The van der Waals surface area contributed by atoms with Gasteiger partial charge in [-0.05, 0) is 36.1 Å². The van der Waals surface area contributed by atoms with Crippen LogP contribution in [0.5, 0.6) is 5.75 Å². The van der Waals surface area contributed by atoms with E-state index in [1.54, 1.807) is 17.4 Å². The first-order valence-electron chi connectivity index (χ1n) is 5.48. The van der Waals surface area contributed by atoms with Gasteiger partial charge in [0.25, 0.3) is 0 Å². The number of aromatic hydroxyl groups is 1. The summed E-state index contributed by atoms with van der Waals surface area (Å²) in [5, 5.41) is 17.4. The zero-order valence-corrected chi connectivity index (χ0v) is 11.9. The molecule has 4 heteroatoms. The average molecular weight is 312 g/mol. The summed E-state index contributed by atoms with van der Waals surface area (Å²) in [5.41, 5.74) is 2.02. The molecule has 0 aliphatic rings. The lowest BCUT2D eigenvalue weighted by molar-refractivity contribution is 0.462. The predicted octanol–water partition coefficient (Wildman–Crippen LogP) is 4.78. The van der Waals surface area contributed by atoms with E-state index in [0.29, 0.717) is 5.75 Å². The number of rotatable bonds is 4. The second-order valence-electron chi connectivity index (χ2n) is 3.82. The third-order valence-corrected chi connectivity index (χ3v) is 3.81. The fourth-order valence-corrected chi connectivity index (χ4v) is 2.73. The molecule has 0 aliphatic carbocycles. The van der Waals surface area contributed by atoms with Crippen molar-refractivity contribution in [3.63, 3.8) is 0 Å². The number of anilines is 1. The number of thiophene rings is 1. The van der Waals surface area contributed by atoms with Gasteiger partial charge < -0.3 is 10.4 Å². The molecule has 0 aliphatic heterocycles. The van der Waals surface area contributed by atoms with E-state index in [0.717, 1.165) is 22.1 Å². The van der Waals surface area contributed by atoms with E-state index in [1.165, 1.54) is 0 Å². The minimum Gasteiger partial charge on any atom is -0.508 e. The highest BCUT2D eigenvalue weighted by Gasteiger charge is 2.13. The van der Waals surface area contributed by atoms with Crippen LogP contribution in [0.4, 0.5) is 5.69 Å². The fourth-order valence-electron chi connectivity index (χ4n) is 1.75. The van der Waals surface area contributed by atoms with Gasteiger partial charge in [-0.2, -0.15) is 11.3 Å². The summed E-state index contributed by atoms with van der Waals surface area (Å²) < 4.78 is 0.982. The number of benzene rings is 1. The van der Waals surface area contributed by atoms with E-state index >= 15 is 0 Å². The Morgan fingerprint density at radius 3 is 2.88 bits per heavy atom. The molecule has 1 atom stereocenters. The maximum absolute atomic E-state index is 9.91. The molecule has 1 heterocycles. The van der Waals surface area contributed by atoms with Gasteiger partial charge in [0.1, 0.15) is 5.75 Å². The Hall–Kier alpha value is -1.00. The summed E-state index contributed by atoms with van der Waals surface area (Å²) in [6.45, 7) is 2.10. The van der Waals surface area contributed by atoms with Gasteiger partial charge in [0.2, 0.25) is 0 Å². The molecule has 0 spiro atoms. The Morgan fingerprint density at radius 2 is 2.24 bits per heavy atom. The van der Waals surface area contributed by atoms with Crippen molar-refractivity contribution in [2.75, 3.05) is 5.32 Å². The molecule has 2 nitrogen and oxygen atoms in total. The van der Waals surface area contributed by atoms with Gasteiger partial charge in [0.05, 0.1) is 6.04 Å². The van der Waals surface area contributed by atoms with Crippen LogP contribution in [0, 0.1) is 0 Å². The Bertz CT molecular complexity index is 484. The standard InChI is InChI=1S/C13H14BrNOS/c1-2-12(15-10-5-6-17-8-10)11-7-9(14)3-4-13(11)16/h3-8,12,15-16H,2H2,1H3. The Kier molecular flexibility index (Phi) is 4.07. The largest absolute Gasteiger partial charge is 0.508 e. The minimum absolute atomic E-state index is 0.127. The highest BCUT2D eigenvalue weighted by molar-refractivity contribution is 9.10. The molecule has 17 heavy (non-hydrogen) atoms. The first kappa shape index (κ1) is 12.5. The molecule has 1 unspecified atom stereocenters. The number of hydrogen-bond donors (Lipinski definition) is 2. The van der Waals surface area contributed by atoms with Crippen LogP contribution >= 0.6 is 27.3 Å². The van der Waals surface area contributed by atoms with Crippen molar-refractivity contribution in [1.29, 1.82) is 0 Å². The van der Waals surface area contributed by atoms with Gasteiger partial charge >= 0.3 is 0 Å². The van der Waals surface area contributed by atoms with Crippen molar-refractivity contribution in [1.82, 2.24) is 0 Å². The molecule has 2 aromatic rings. The van der Waals surface area contributed by atoms with Gasteiger partial charge in [0.15, 0.2) is 0 Å². The molecule has 90 valence electrons. The van der Waals surface area contributed by atoms with Gasteiger partial charge in [-0.25, -0.2) is 0 Å². The van der Waals surface area contributed by atoms with Crippen molar-refractivity contribution in [2.24, 2.45) is 0 Å². The van der Waals surface area contributed by atoms with Crippen LogP contribution in [0.3, 0.4) is 0 Å². The van der Waals surface area contributed by atoms with Crippen LogP contribution in [-0.4, -0.2) is 5.11 Å². The first-order chi connectivity index (χ1) is 8.20. The van der Waals surface area contributed by atoms with Crippen molar-refractivity contribution >= 4 is 33.0 Å². The number of halogens is 1. The lowest BCUT2D eigenvalue weighted by atomic mass is 10.0. The predicted molar refractivity (Wildman–Crippen MR) is 76.8 cm³/mol. The van der Waals surface area contributed by atoms with Crippen molar-refractivity contribution < 1.29 is 5.11 Å². The molecule has 0 saturated heterocycles. The van der Waals surface area contributed by atoms with Gasteiger partial charge in [-0.3, -0.25) is 0 Å². The van der Waals surface area contributed by atoms with E-state index in [4.69, 9.17) is 0 Å². The maximum atomic E-state index is 9.91. The van der Waals surface area contributed by atoms with Crippen LogP contribution in [-0.2, 0) is 0 Å². The molecular weight excluding hydrogens is 298 g/mol. The third-order valence-electron chi connectivity index (χ3n) is 2.64. The lowest BCUT2D eigenvalue weighted by Gasteiger charge is -2.19. The quantitative estimate of drug-likeness (QED) is 0.851. The van der Waals surface area contributed by atoms with Crippen LogP contribution in [0.15, 0.2) is 39.5 Å².